The molecular weight excluding hydrogens is 609 g/mol. The Hall–Kier alpha value is -6.02. The summed E-state index contributed by atoms with van der Waals surface area (Å²) in [6.07, 6.45) is 0. The van der Waals surface area contributed by atoms with Gasteiger partial charge in [-0.2, -0.15) is 0 Å². The molecule has 0 atom stereocenters. The number of hydrogen-bond acceptors (Lipinski definition) is 1. The Bertz CT molecular complexity index is 3100. The normalized spacial score (nSPS) is 12.1. The van der Waals surface area contributed by atoms with Gasteiger partial charge in [0.2, 0.25) is 0 Å². The Morgan fingerprint density at radius 2 is 0.673 bits per heavy atom. The summed E-state index contributed by atoms with van der Waals surface area (Å²) in [5.41, 5.74) is 5.11. The highest BCUT2D eigenvalue weighted by Crippen LogP contribution is 2.47. The highest BCUT2D eigenvalue weighted by Gasteiger charge is 2.18. The first kappa shape index (κ1) is 27.0. The predicted molar refractivity (Wildman–Crippen MR) is 215 cm³/mol. The van der Waals surface area contributed by atoms with Crippen LogP contribution in [-0.2, 0) is 0 Å². The van der Waals surface area contributed by atoms with Gasteiger partial charge in [-0.3, -0.25) is 0 Å². The maximum Gasteiger partial charge on any atom is 0.0362 e. The lowest BCUT2D eigenvalue weighted by molar-refractivity contribution is 1.69. The lowest BCUT2D eigenvalue weighted by atomic mass is 9.85. The summed E-state index contributed by atoms with van der Waals surface area (Å²) in [5.74, 6) is 0. The van der Waals surface area contributed by atoms with Crippen molar-refractivity contribution >= 4 is 96.1 Å². The van der Waals surface area contributed by atoms with Crippen LogP contribution in [0.4, 0.5) is 0 Å². The molecule has 0 bridgehead atoms. The summed E-state index contributed by atoms with van der Waals surface area (Å²) in [6, 6.07) is 63.3. The molecule has 11 rings (SSSR count). The van der Waals surface area contributed by atoms with Gasteiger partial charge < -0.3 is 0 Å². The first-order valence-corrected chi connectivity index (χ1v) is 17.7. The first-order chi connectivity index (χ1) is 24.3. The van der Waals surface area contributed by atoms with E-state index in [0.29, 0.717) is 0 Å². The number of thiophene rings is 1. The van der Waals surface area contributed by atoms with E-state index in [0.717, 1.165) is 0 Å². The zero-order valence-electron chi connectivity index (χ0n) is 26.6. The molecule has 10 aromatic carbocycles. The fourth-order valence-electron chi connectivity index (χ4n) is 8.42. The minimum atomic E-state index is 1.25. The van der Waals surface area contributed by atoms with Gasteiger partial charge in [-0.25, -0.2) is 0 Å². The van der Waals surface area contributed by atoms with E-state index in [9.17, 15) is 0 Å². The molecular formula is C48H28S. The molecule has 0 N–H and O–H groups in total. The molecule has 226 valence electrons. The molecule has 49 heavy (non-hydrogen) atoms. The van der Waals surface area contributed by atoms with Crippen LogP contribution < -0.4 is 0 Å². The van der Waals surface area contributed by atoms with Crippen LogP contribution in [0.25, 0.3) is 107 Å². The van der Waals surface area contributed by atoms with Crippen molar-refractivity contribution in [1.29, 1.82) is 0 Å². The standard InChI is InChI=1S/C48H28S/c1-2-12-30-25-31(22-21-29(30)11-1)47-37-17-7-9-19-39(37)48(40-20-10-8-18-38(40)47)32-23-24-45-43(26-32)44-27-41-35-15-5-3-13-33(35)34-14-4-6-16-36(34)42(41)28-46(44)49-45/h1-28H. The third kappa shape index (κ3) is 3.91. The third-order valence-corrected chi connectivity index (χ3v) is 11.7. The quantitative estimate of drug-likeness (QED) is 0.131. The van der Waals surface area contributed by atoms with Crippen molar-refractivity contribution in [1.82, 2.24) is 0 Å². The Labute approximate surface area is 287 Å². The van der Waals surface area contributed by atoms with Crippen molar-refractivity contribution < 1.29 is 0 Å². The van der Waals surface area contributed by atoms with Crippen LogP contribution in [0.1, 0.15) is 0 Å². The largest absolute Gasteiger partial charge is 0.135 e. The first-order valence-electron chi connectivity index (χ1n) is 16.9. The minimum Gasteiger partial charge on any atom is -0.135 e. The van der Waals surface area contributed by atoms with Gasteiger partial charge in [-0.1, -0.05) is 140 Å². The number of rotatable bonds is 2. The van der Waals surface area contributed by atoms with Crippen LogP contribution in [0, 0.1) is 0 Å². The summed E-state index contributed by atoms with van der Waals surface area (Å²) in [7, 11) is 0. The van der Waals surface area contributed by atoms with Crippen LogP contribution >= 0.6 is 11.3 Å². The van der Waals surface area contributed by atoms with Crippen molar-refractivity contribution in [2.45, 2.75) is 0 Å². The van der Waals surface area contributed by atoms with Crippen LogP contribution in [0.5, 0.6) is 0 Å². The van der Waals surface area contributed by atoms with Crippen LogP contribution in [0.2, 0.25) is 0 Å². The predicted octanol–water partition coefficient (Wildman–Crippen LogP) is 14.3. The Kier molecular flexibility index (Phi) is 5.64. The zero-order chi connectivity index (χ0) is 32.1. The van der Waals surface area contributed by atoms with E-state index >= 15 is 0 Å². The summed E-state index contributed by atoms with van der Waals surface area (Å²) in [5, 5.41) is 18.2. The van der Waals surface area contributed by atoms with E-state index in [1.807, 2.05) is 11.3 Å². The molecule has 0 saturated carbocycles. The Morgan fingerprint density at radius 3 is 1.27 bits per heavy atom. The van der Waals surface area contributed by atoms with Gasteiger partial charge in [-0.15, -0.1) is 11.3 Å². The molecule has 1 heterocycles. The Morgan fingerprint density at radius 1 is 0.245 bits per heavy atom. The minimum absolute atomic E-state index is 1.25. The van der Waals surface area contributed by atoms with Gasteiger partial charge in [0, 0.05) is 20.2 Å². The van der Waals surface area contributed by atoms with Gasteiger partial charge >= 0.3 is 0 Å². The van der Waals surface area contributed by atoms with Gasteiger partial charge in [0.1, 0.15) is 0 Å². The second-order valence-electron chi connectivity index (χ2n) is 13.2. The lowest BCUT2D eigenvalue weighted by Gasteiger charge is -2.18. The third-order valence-electron chi connectivity index (χ3n) is 10.6. The van der Waals surface area contributed by atoms with E-state index in [-0.39, 0.29) is 0 Å². The van der Waals surface area contributed by atoms with E-state index in [4.69, 9.17) is 0 Å². The molecule has 0 nitrogen and oxygen atoms in total. The number of benzene rings is 10. The molecule has 0 aliphatic carbocycles. The van der Waals surface area contributed by atoms with Crippen molar-refractivity contribution in [3.63, 3.8) is 0 Å². The van der Waals surface area contributed by atoms with Gasteiger partial charge in [0.25, 0.3) is 0 Å². The molecule has 0 fully saturated rings. The summed E-state index contributed by atoms with van der Waals surface area (Å²) >= 11 is 1.90. The molecule has 0 aliphatic heterocycles. The molecule has 11 aromatic rings. The highest BCUT2D eigenvalue weighted by molar-refractivity contribution is 7.25. The fraction of sp³-hybridized carbons (Fsp3) is 0. The highest BCUT2D eigenvalue weighted by atomic mass is 32.1. The van der Waals surface area contributed by atoms with Gasteiger partial charge in [0.15, 0.2) is 0 Å². The van der Waals surface area contributed by atoms with E-state index in [1.165, 1.54) is 107 Å². The van der Waals surface area contributed by atoms with Crippen molar-refractivity contribution in [3.8, 4) is 22.3 Å². The molecule has 0 saturated heterocycles. The maximum atomic E-state index is 2.46. The van der Waals surface area contributed by atoms with Gasteiger partial charge in [-0.05, 0) is 117 Å². The number of fused-ring (bicyclic) bond motifs is 12. The molecule has 1 heteroatoms. The molecule has 0 unspecified atom stereocenters. The molecule has 0 radical (unpaired) electrons. The fourth-order valence-corrected chi connectivity index (χ4v) is 9.53. The number of hydrogen-bond donors (Lipinski definition) is 0. The van der Waals surface area contributed by atoms with Crippen LogP contribution in [0.3, 0.4) is 0 Å². The summed E-state index contributed by atoms with van der Waals surface area (Å²) in [6.45, 7) is 0. The SMILES string of the molecule is c1ccc2cc(-c3c4ccccc4c(-c4ccc5sc6cc7c8ccccc8c8ccccc8c7cc6c5c4)c4ccccc34)ccc2c1. The smallest absolute Gasteiger partial charge is 0.0362 e. The zero-order valence-corrected chi connectivity index (χ0v) is 27.4. The van der Waals surface area contributed by atoms with Crippen LogP contribution in [-0.4, -0.2) is 0 Å². The molecule has 0 aliphatic rings. The van der Waals surface area contributed by atoms with Crippen molar-refractivity contribution in [3.05, 3.63) is 170 Å². The summed E-state index contributed by atoms with van der Waals surface area (Å²) in [4.78, 5) is 0. The van der Waals surface area contributed by atoms with E-state index in [2.05, 4.69) is 170 Å². The lowest BCUT2D eigenvalue weighted by Crippen LogP contribution is -1.91. The van der Waals surface area contributed by atoms with E-state index in [1.54, 1.807) is 0 Å². The monoisotopic (exact) mass is 636 g/mol. The van der Waals surface area contributed by atoms with Crippen LogP contribution in [0.15, 0.2) is 170 Å². The molecule has 0 amide bonds. The Balaban J connectivity index is 1.21. The average molecular weight is 637 g/mol. The average Bonchev–Trinajstić information content (AvgIpc) is 3.53. The van der Waals surface area contributed by atoms with Gasteiger partial charge in [0.05, 0.1) is 0 Å². The summed E-state index contributed by atoms with van der Waals surface area (Å²) < 4.78 is 2.66. The molecule has 0 spiro atoms. The second kappa shape index (κ2) is 10.2. The topological polar surface area (TPSA) is 0 Å². The van der Waals surface area contributed by atoms with Crippen molar-refractivity contribution in [2.75, 3.05) is 0 Å². The molecule has 1 aromatic heterocycles. The van der Waals surface area contributed by atoms with Crippen molar-refractivity contribution in [2.24, 2.45) is 0 Å². The van der Waals surface area contributed by atoms with E-state index < -0.39 is 0 Å². The maximum absolute atomic E-state index is 2.46. The second-order valence-corrected chi connectivity index (χ2v) is 14.3.